The molecule has 0 radical (unpaired) electrons. The molecule has 0 rings (SSSR count). The number of hydrogen-bond acceptors (Lipinski definition) is 1. The van der Waals surface area contributed by atoms with Crippen molar-refractivity contribution in [1.29, 1.82) is 0 Å². The number of ether oxygens (including phenoxy) is 1. The maximum absolute atomic E-state index is 6.03. The lowest BCUT2D eigenvalue weighted by Gasteiger charge is -2.12. The first-order valence-corrected chi connectivity index (χ1v) is 12.3. The van der Waals surface area contributed by atoms with Gasteiger partial charge in [-0.25, -0.2) is 0 Å². The van der Waals surface area contributed by atoms with Crippen LogP contribution in [0.25, 0.3) is 0 Å². The fraction of sp³-hybridized carbons (Fsp3) is 0.905. The minimum absolute atomic E-state index is 0.390. The molecule has 0 N–H and O–H groups in total. The largest absolute Gasteiger partial charge is 0.377 e. The molecule has 0 unspecified atom stereocenters. The predicted molar refractivity (Wildman–Crippen MR) is 119 cm³/mol. The van der Waals surface area contributed by atoms with Crippen LogP contribution in [0, 0.1) is 0 Å². The predicted octanol–water partition coefficient (Wildman–Crippen LogP) is 6.93. The average Bonchev–Trinajstić information content (AvgIpc) is 2.52. The molecule has 0 aromatic rings. The van der Waals surface area contributed by atoms with E-state index in [4.69, 9.17) is 27.9 Å². The number of unbranched alkanes of at least 4 members (excludes halogenated alkanes) is 13. The van der Waals surface area contributed by atoms with Gasteiger partial charge in [0, 0.05) is 16.8 Å². The highest BCUT2D eigenvalue weighted by molar-refractivity contribution is 6.65. The van der Waals surface area contributed by atoms with Crippen molar-refractivity contribution in [2.45, 2.75) is 107 Å². The van der Waals surface area contributed by atoms with Gasteiger partial charge in [0.1, 0.15) is 0 Å². The van der Waals surface area contributed by atoms with E-state index in [1.54, 1.807) is 0 Å². The summed E-state index contributed by atoms with van der Waals surface area (Å²) in [5.74, 6) is 0. The van der Waals surface area contributed by atoms with Gasteiger partial charge in [0.25, 0.3) is 0 Å². The van der Waals surface area contributed by atoms with Crippen molar-refractivity contribution in [2.24, 2.45) is 0 Å². The highest BCUT2D eigenvalue weighted by atomic mass is 35.5. The van der Waals surface area contributed by atoms with Gasteiger partial charge in [-0.2, -0.15) is 0 Å². The summed E-state index contributed by atoms with van der Waals surface area (Å²) in [6.45, 7) is 7.47. The van der Waals surface area contributed by atoms with Crippen LogP contribution in [0.15, 0.2) is 12.2 Å². The van der Waals surface area contributed by atoms with E-state index in [0.29, 0.717) is 0 Å². The molecule has 150 valence electrons. The van der Waals surface area contributed by atoms with Gasteiger partial charge in [0.05, 0.1) is 10.6 Å². The molecule has 0 spiro atoms. The van der Waals surface area contributed by atoms with Gasteiger partial charge in [0.2, 0.25) is 0 Å². The van der Waals surface area contributed by atoms with Crippen LogP contribution in [0.5, 0.6) is 0 Å². The van der Waals surface area contributed by atoms with Gasteiger partial charge in [-0.05, 0) is 19.8 Å². The van der Waals surface area contributed by atoms with Crippen LogP contribution < -0.4 is 0 Å². The van der Waals surface area contributed by atoms with Crippen LogP contribution in [-0.2, 0) is 4.74 Å². The number of hydrogen-bond donors (Lipinski definition) is 0. The highest BCUT2D eigenvalue weighted by Gasteiger charge is 2.14. The monoisotopic (exact) mass is 408 g/mol. The summed E-state index contributed by atoms with van der Waals surface area (Å²) >= 11 is 12.1. The Hall–Kier alpha value is 0.497. The molecule has 25 heavy (non-hydrogen) atoms. The third-order valence-corrected chi connectivity index (χ3v) is 5.38. The smallest absolute Gasteiger partial charge is 0.0972 e. The Balaban J connectivity index is 3.04. The fourth-order valence-corrected chi connectivity index (χ4v) is 3.63. The normalized spacial score (nSPS) is 12.0. The Morgan fingerprint density at radius 2 is 1.12 bits per heavy atom. The van der Waals surface area contributed by atoms with Crippen molar-refractivity contribution < 1.29 is 4.74 Å². The Morgan fingerprint density at radius 1 is 0.760 bits per heavy atom. The van der Waals surface area contributed by atoms with Crippen LogP contribution in [0.4, 0.5) is 0 Å². The van der Waals surface area contributed by atoms with E-state index >= 15 is 0 Å². The van der Waals surface area contributed by atoms with E-state index in [9.17, 15) is 0 Å². The first-order chi connectivity index (χ1) is 11.9. The molecule has 0 saturated carbocycles. The minimum Gasteiger partial charge on any atom is -0.377 e. The van der Waals surface area contributed by atoms with Crippen LogP contribution >= 0.6 is 23.2 Å². The summed E-state index contributed by atoms with van der Waals surface area (Å²) in [6.07, 6.45) is 19.9. The molecular weight excluding hydrogens is 367 g/mol. The fourth-order valence-electron chi connectivity index (χ4n) is 3.01. The molecule has 0 aromatic heterocycles. The van der Waals surface area contributed by atoms with Crippen molar-refractivity contribution >= 4 is 33.4 Å². The first kappa shape index (κ1) is 25.5. The molecule has 0 aliphatic carbocycles. The van der Waals surface area contributed by atoms with Gasteiger partial charge in [-0.1, -0.05) is 95.6 Å². The quantitative estimate of drug-likeness (QED) is 0.0973. The van der Waals surface area contributed by atoms with Crippen molar-refractivity contribution in [1.82, 2.24) is 0 Å². The summed E-state index contributed by atoms with van der Waals surface area (Å²) in [5, 5.41) is 0. The summed E-state index contributed by atoms with van der Waals surface area (Å²) < 4.78 is 5.12. The molecule has 0 saturated heterocycles. The molecule has 0 atom stereocenters. The second-order valence-corrected chi connectivity index (χ2v) is 12.6. The van der Waals surface area contributed by atoms with E-state index in [1.165, 1.54) is 89.9 Å². The zero-order valence-electron chi connectivity index (χ0n) is 16.9. The molecule has 0 bridgehead atoms. The Kier molecular flexibility index (Phi) is 18.2. The third-order valence-electron chi connectivity index (χ3n) is 4.50. The summed E-state index contributed by atoms with van der Waals surface area (Å²) in [4.78, 5) is 0. The zero-order chi connectivity index (χ0) is 18.8. The van der Waals surface area contributed by atoms with Gasteiger partial charge in [0.15, 0.2) is 0 Å². The molecule has 0 aromatic carbocycles. The lowest BCUT2D eigenvalue weighted by molar-refractivity contribution is 0.151. The molecule has 1 nitrogen and oxygen atoms in total. The Labute approximate surface area is 170 Å². The zero-order valence-corrected chi connectivity index (χ0v) is 20.4. The number of rotatable bonds is 19. The molecule has 0 aliphatic rings. The van der Waals surface area contributed by atoms with E-state index in [0.717, 1.165) is 35.5 Å². The maximum atomic E-state index is 6.03. The van der Waals surface area contributed by atoms with Crippen LogP contribution in [0.2, 0.25) is 0 Å². The van der Waals surface area contributed by atoms with E-state index in [2.05, 4.69) is 6.58 Å². The van der Waals surface area contributed by atoms with Crippen LogP contribution in [0.1, 0.15) is 103 Å². The van der Waals surface area contributed by atoms with Crippen molar-refractivity contribution in [3.8, 4) is 0 Å². The van der Waals surface area contributed by atoms with E-state index < -0.39 is 3.96 Å². The number of alkyl halides is 2. The standard InChI is InChI=1S/C21H42Cl2OSi/c1-20(2)19-24-18-16-14-12-10-8-6-4-3-5-7-9-11-13-15-17-21(22,23)25/h1,3-19H2,2,25H3. The van der Waals surface area contributed by atoms with Crippen LogP contribution in [0.3, 0.4) is 0 Å². The molecular formula is C21H42Cl2OSi. The van der Waals surface area contributed by atoms with Gasteiger partial charge >= 0.3 is 0 Å². The van der Waals surface area contributed by atoms with Crippen molar-refractivity contribution in [3.63, 3.8) is 0 Å². The summed E-state index contributed by atoms with van der Waals surface area (Å²) in [6, 6.07) is 0. The molecule has 4 heteroatoms. The average molecular weight is 410 g/mol. The lowest BCUT2D eigenvalue weighted by atomic mass is 10.0. The molecule has 0 amide bonds. The van der Waals surface area contributed by atoms with Gasteiger partial charge in [-0.3, -0.25) is 0 Å². The topological polar surface area (TPSA) is 9.23 Å². The van der Waals surface area contributed by atoms with E-state index in [1.807, 2.05) is 6.92 Å². The minimum atomic E-state index is -0.390. The SMILES string of the molecule is C=C(C)COCCCCCCCCCCCCCCCCC([SiH3])(Cl)Cl. The van der Waals surface area contributed by atoms with E-state index in [-0.39, 0.29) is 0 Å². The number of halogens is 2. The Bertz CT molecular complexity index is 303. The van der Waals surface area contributed by atoms with Gasteiger partial charge < -0.3 is 4.74 Å². The first-order valence-electron chi connectivity index (χ1n) is 10.5. The lowest BCUT2D eigenvalue weighted by Crippen LogP contribution is -2.11. The third kappa shape index (κ3) is 24.5. The maximum Gasteiger partial charge on any atom is 0.0972 e. The Morgan fingerprint density at radius 3 is 1.48 bits per heavy atom. The van der Waals surface area contributed by atoms with Crippen molar-refractivity contribution in [2.75, 3.05) is 13.2 Å². The van der Waals surface area contributed by atoms with Crippen molar-refractivity contribution in [3.05, 3.63) is 12.2 Å². The second kappa shape index (κ2) is 17.9. The molecule has 0 aliphatic heterocycles. The molecule has 0 heterocycles. The molecule has 0 fully saturated rings. The summed E-state index contributed by atoms with van der Waals surface area (Å²) in [7, 11) is 0.871. The van der Waals surface area contributed by atoms with Crippen LogP contribution in [-0.4, -0.2) is 27.4 Å². The van der Waals surface area contributed by atoms with Gasteiger partial charge in [-0.15, -0.1) is 23.2 Å². The highest BCUT2D eigenvalue weighted by Crippen LogP contribution is 2.24. The summed E-state index contributed by atoms with van der Waals surface area (Å²) in [5.41, 5.74) is 1.12. The second-order valence-electron chi connectivity index (χ2n) is 7.78.